The van der Waals surface area contributed by atoms with Gasteiger partial charge in [0.05, 0.1) is 0 Å². The van der Waals surface area contributed by atoms with Crippen LogP contribution in [0.3, 0.4) is 0 Å². The Morgan fingerprint density at radius 3 is 2.83 bits per heavy atom. The van der Waals surface area contributed by atoms with Crippen LogP contribution in [0.5, 0.6) is 5.75 Å². The lowest BCUT2D eigenvalue weighted by Gasteiger charge is -2.19. The topological polar surface area (TPSA) is 21.3 Å². The molecule has 1 saturated carbocycles. The van der Waals surface area contributed by atoms with E-state index in [4.69, 9.17) is 4.74 Å². The van der Waals surface area contributed by atoms with E-state index in [9.17, 15) is 0 Å². The van der Waals surface area contributed by atoms with Crippen LogP contribution >= 0.6 is 0 Å². The lowest BCUT2D eigenvalue weighted by molar-refractivity contribution is 0.192. The summed E-state index contributed by atoms with van der Waals surface area (Å²) >= 11 is 0. The number of para-hydroxylation sites is 1. The van der Waals surface area contributed by atoms with Gasteiger partial charge in [-0.25, -0.2) is 0 Å². The van der Waals surface area contributed by atoms with E-state index in [1.807, 2.05) is 25.1 Å². The summed E-state index contributed by atoms with van der Waals surface area (Å²) in [6.07, 6.45) is 8.08. The summed E-state index contributed by atoms with van der Waals surface area (Å²) in [5.41, 5.74) is 1.16. The van der Waals surface area contributed by atoms with Crippen molar-refractivity contribution in [2.45, 2.75) is 45.3 Å². The highest BCUT2D eigenvalue weighted by Gasteiger charge is 2.22. The van der Waals surface area contributed by atoms with Crippen LogP contribution in [0.15, 0.2) is 30.3 Å². The molecule has 18 heavy (non-hydrogen) atoms. The quantitative estimate of drug-likeness (QED) is 0.792. The van der Waals surface area contributed by atoms with E-state index in [0.29, 0.717) is 0 Å². The van der Waals surface area contributed by atoms with Gasteiger partial charge in [-0.3, -0.25) is 0 Å². The summed E-state index contributed by atoms with van der Waals surface area (Å²) in [7, 11) is 0. The number of ether oxygens (including phenoxy) is 1. The molecule has 0 aliphatic heterocycles. The van der Waals surface area contributed by atoms with Gasteiger partial charge in [-0.15, -0.1) is 0 Å². The Kier molecular flexibility index (Phi) is 4.82. The zero-order valence-corrected chi connectivity index (χ0v) is 11.4. The maximum absolute atomic E-state index is 6.11. The zero-order chi connectivity index (χ0) is 12.8. The van der Waals surface area contributed by atoms with Crippen molar-refractivity contribution in [3.63, 3.8) is 0 Å². The summed E-state index contributed by atoms with van der Waals surface area (Å²) in [6.45, 7) is 5.16. The number of hydrogen-bond donors (Lipinski definition) is 1. The molecule has 0 aromatic heterocycles. The van der Waals surface area contributed by atoms with Crippen LogP contribution in [0, 0.1) is 0 Å². The monoisotopic (exact) mass is 245 g/mol. The van der Waals surface area contributed by atoms with Gasteiger partial charge in [-0.05, 0) is 32.3 Å². The Bertz CT molecular complexity index is 396. The minimum atomic E-state index is 0.261. The van der Waals surface area contributed by atoms with Gasteiger partial charge in [0.2, 0.25) is 0 Å². The first-order valence-electron chi connectivity index (χ1n) is 6.95. The van der Waals surface area contributed by atoms with Gasteiger partial charge in [0.15, 0.2) is 0 Å². The van der Waals surface area contributed by atoms with Crippen molar-refractivity contribution in [1.29, 1.82) is 0 Å². The molecular weight excluding hydrogens is 222 g/mol. The average molecular weight is 245 g/mol. The zero-order valence-electron chi connectivity index (χ0n) is 11.4. The standard InChI is InChI=1S/C16H23NO/c1-3-7-13-8-5-6-9-16(13)18-15(4-2)12-17-14-10-11-14/h3,5-9,14-15,17H,4,10-12H2,1-2H3/b7-3+. The van der Waals surface area contributed by atoms with Gasteiger partial charge in [0.25, 0.3) is 0 Å². The smallest absolute Gasteiger partial charge is 0.126 e. The lowest BCUT2D eigenvalue weighted by Crippen LogP contribution is -2.32. The van der Waals surface area contributed by atoms with E-state index in [0.717, 1.165) is 30.3 Å². The average Bonchev–Trinajstić information content (AvgIpc) is 3.21. The second kappa shape index (κ2) is 6.60. The highest BCUT2D eigenvalue weighted by Crippen LogP contribution is 2.22. The maximum Gasteiger partial charge on any atom is 0.126 e. The van der Waals surface area contributed by atoms with Gasteiger partial charge in [-0.2, -0.15) is 0 Å². The van der Waals surface area contributed by atoms with Gasteiger partial charge in [0, 0.05) is 18.2 Å². The summed E-state index contributed by atoms with van der Waals surface area (Å²) in [5, 5.41) is 3.54. The Balaban J connectivity index is 1.96. The fourth-order valence-corrected chi connectivity index (χ4v) is 1.94. The van der Waals surface area contributed by atoms with Gasteiger partial charge >= 0.3 is 0 Å². The van der Waals surface area contributed by atoms with Gasteiger partial charge in [0.1, 0.15) is 11.9 Å². The third-order valence-corrected chi connectivity index (χ3v) is 3.23. The first-order valence-corrected chi connectivity index (χ1v) is 6.95. The van der Waals surface area contributed by atoms with Crippen LogP contribution in [0.2, 0.25) is 0 Å². The van der Waals surface area contributed by atoms with Crippen LogP contribution in [0.4, 0.5) is 0 Å². The normalized spacial score (nSPS) is 17.0. The maximum atomic E-state index is 6.11. The van der Waals surface area contributed by atoms with Crippen molar-refractivity contribution in [1.82, 2.24) is 5.32 Å². The van der Waals surface area contributed by atoms with E-state index in [1.54, 1.807) is 0 Å². The van der Waals surface area contributed by atoms with Crippen molar-refractivity contribution in [2.75, 3.05) is 6.54 Å². The molecule has 0 spiro atoms. The van der Waals surface area contributed by atoms with Gasteiger partial charge in [-0.1, -0.05) is 37.3 Å². The van der Waals surface area contributed by atoms with Crippen molar-refractivity contribution >= 4 is 6.08 Å². The molecule has 2 nitrogen and oxygen atoms in total. The molecule has 1 atom stereocenters. The van der Waals surface area contributed by atoms with Gasteiger partial charge < -0.3 is 10.1 Å². The molecule has 1 aromatic rings. The summed E-state index contributed by atoms with van der Waals surface area (Å²) in [4.78, 5) is 0. The number of rotatable bonds is 7. The molecule has 1 fully saturated rings. The predicted molar refractivity (Wildman–Crippen MR) is 76.9 cm³/mol. The van der Waals surface area contributed by atoms with Crippen LogP contribution in [-0.2, 0) is 0 Å². The molecule has 0 radical (unpaired) electrons. The minimum Gasteiger partial charge on any atom is -0.488 e. The molecule has 2 rings (SSSR count). The molecule has 2 heteroatoms. The Hall–Kier alpha value is -1.28. The SMILES string of the molecule is C/C=C/c1ccccc1OC(CC)CNC1CC1. The summed E-state index contributed by atoms with van der Waals surface area (Å²) in [5.74, 6) is 0.986. The second-order valence-electron chi connectivity index (χ2n) is 4.87. The summed E-state index contributed by atoms with van der Waals surface area (Å²) in [6, 6.07) is 8.97. The number of benzene rings is 1. The molecule has 98 valence electrons. The van der Waals surface area contributed by atoms with Crippen molar-refractivity contribution < 1.29 is 4.74 Å². The van der Waals surface area contributed by atoms with Crippen molar-refractivity contribution in [3.05, 3.63) is 35.9 Å². The van der Waals surface area contributed by atoms with Crippen molar-refractivity contribution in [2.24, 2.45) is 0 Å². The van der Waals surface area contributed by atoms with Crippen LogP contribution in [0.1, 0.15) is 38.7 Å². The molecule has 1 aromatic carbocycles. The summed E-state index contributed by atoms with van der Waals surface area (Å²) < 4.78 is 6.11. The predicted octanol–water partition coefficient (Wildman–Crippen LogP) is 3.63. The van der Waals surface area contributed by atoms with E-state index in [2.05, 4.69) is 30.4 Å². The van der Waals surface area contributed by atoms with E-state index < -0.39 is 0 Å². The highest BCUT2D eigenvalue weighted by atomic mass is 16.5. The number of allylic oxidation sites excluding steroid dienone is 1. The molecule has 1 N–H and O–H groups in total. The Morgan fingerprint density at radius 1 is 1.39 bits per heavy atom. The lowest BCUT2D eigenvalue weighted by atomic mass is 10.2. The molecule has 0 bridgehead atoms. The van der Waals surface area contributed by atoms with Crippen LogP contribution in [-0.4, -0.2) is 18.7 Å². The first-order chi connectivity index (χ1) is 8.83. The van der Waals surface area contributed by atoms with Crippen LogP contribution in [0.25, 0.3) is 6.08 Å². The Labute approximate surface area is 110 Å². The molecule has 1 unspecified atom stereocenters. The van der Waals surface area contributed by atoms with E-state index >= 15 is 0 Å². The third-order valence-electron chi connectivity index (χ3n) is 3.23. The molecule has 0 saturated heterocycles. The van der Waals surface area contributed by atoms with E-state index in [1.165, 1.54) is 12.8 Å². The molecule has 1 aliphatic rings. The number of nitrogens with one attached hydrogen (secondary N) is 1. The molecule has 1 aliphatic carbocycles. The third kappa shape index (κ3) is 3.88. The fraction of sp³-hybridized carbons (Fsp3) is 0.500. The van der Waals surface area contributed by atoms with E-state index in [-0.39, 0.29) is 6.10 Å². The molecular formula is C16H23NO. The number of hydrogen-bond acceptors (Lipinski definition) is 2. The van der Waals surface area contributed by atoms with Crippen molar-refractivity contribution in [3.8, 4) is 5.75 Å². The first kappa shape index (κ1) is 13.2. The minimum absolute atomic E-state index is 0.261. The fourth-order valence-electron chi connectivity index (χ4n) is 1.94. The van der Waals surface area contributed by atoms with Crippen LogP contribution < -0.4 is 10.1 Å². The second-order valence-corrected chi connectivity index (χ2v) is 4.87. The largest absolute Gasteiger partial charge is 0.488 e. The molecule has 0 amide bonds. The highest BCUT2D eigenvalue weighted by molar-refractivity contribution is 5.56. The Morgan fingerprint density at radius 2 is 2.17 bits per heavy atom. The molecule has 0 heterocycles.